The fraction of sp³-hybridized carbons (Fsp3) is 0.0270. The molecule has 39 heavy (non-hydrogen) atoms. The number of rotatable bonds is 8. The summed E-state index contributed by atoms with van der Waals surface area (Å²) in [4.78, 5) is 0. The van der Waals surface area contributed by atoms with Crippen LogP contribution in [0.1, 0.15) is 11.0 Å². The zero-order valence-electron chi connectivity index (χ0n) is 21.7. The third-order valence-corrected chi connectivity index (χ3v) is 13.3. The van der Waals surface area contributed by atoms with E-state index >= 15 is 0 Å². The molecule has 0 aliphatic heterocycles. The maximum absolute atomic E-state index is 2.38. The van der Waals surface area contributed by atoms with Gasteiger partial charge in [0.1, 0.15) is 0 Å². The van der Waals surface area contributed by atoms with Crippen molar-refractivity contribution in [2.45, 2.75) is 5.40 Å². The second kappa shape index (κ2) is 12.4. The second-order valence-electron chi connectivity index (χ2n) is 9.41. The number of hydrogen-bond donors (Lipinski definition) is 0. The van der Waals surface area contributed by atoms with Crippen molar-refractivity contribution in [2.24, 2.45) is 0 Å². The van der Waals surface area contributed by atoms with Crippen LogP contribution in [0.15, 0.2) is 176 Å². The summed E-state index contributed by atoms with van der Waals surface area (Å²) in [5, 5.41) is 5.90. The molecule has 188 valence electrons. The Hall–Kier alpha value is -3.82. The fourth-order valence-electron chi connectivity index (χ4n) is 5.21. The molecular weight excluding hydrogens is 506 g/mol. The SMILES string of the molecule is c1ccc(-c2ccccc2C(P(c2ccccc2)c2ccccc2)P(c2ccccc2)c2ccccc2)cc1. The first kappa shape index (κ1) is 25.5. The Balaban J connectivity index is 1.68. The molecule has 0 heterocycles. The molecule has 2 heteroatoms. The lowest BCUT2D eigenvalue weighted by Gasteiger charge is -2.37. The summed E-state index contributed by atoms with van der Waals surface area (Å²) in [5.41, 5.74) is 4.01. The van der Waals surface area contributed by atoms with Gasteiger partial charge in [-0.15, -0.1) is 0 Å². The lowest BCUT2D eigenvalue weighted by atomic mass is 10.0. The quantitative estimate of drug-likeness (QED) is 0.171. The van der Waals surface area contributed by atoms with Gasteiger partial charge in [0, 0.05) is 5.40 Å². The molecule has 0 nitrogen and oxygen atoms in total. The molecule has 6 rings (SSSR count). The molecule has 6 aromatic carbocycles. The molecule has 0 radical (unpaired) electrons. The van der Waals surface area contributed by atoms with Gasteiger partial charge in [0.05, 0.1) is 0 Å². The van der Waals surface area contributed by atoms with Crippen LogP contribution in [0, 0.1) is 0 Å². The molecule has 0 aliphatic carbocycles. The monoisotopic (exact) mass is 536 g/mol. The summed E-state index contributed by atoms with van der Waals surface area (Å²) < 4.78 is 0. The van der Waals surface area contributed by atoms with Gasteiger partial charge < -0.3 is 0 Å². The molecule has 0 bridgehead atoms. The molecule has 0 saturated heterocycles. The zero-order valence-corrected chi connectivity index (χ0v) is 23.5. The van der Waals surface area contributed by atoms with Gasteiger partial charge in [-0.2, -0.15) is 0 Å². The molecule has 6 aromatic rings. The highest BCUT2D eigenvalue weighted by Crippen LogP contribution is 2.67. The lowest BCUT2D eigenvalue weighted by Crippen LogP contribution is -2.23. The van der Waals surface area contributed by atoms with Gasteiger partial charge in [-0.05, 0) is 53.8 Å². The van der Waals surface area contributed by atoms with Crippen LogP contribution in [0.2, 0.25) is 0 Å². The molecule has 0 saturated carbocycles. The van der Waals surface area contributed by atoms with E-state index in [1.807, 2.05) is 0 Å². The summed E-state index contributed by atoms with van der Waals surface area (Å²) in [7, 11) is -1.51. The Bertz CT molecular complexity index is 1420. The first-order chi connectivity index (χ1) is 19.4. The minimum Gasteiger partial charge on any atom is -0.0622 e. The van der Waals surface area contributed by atoms with E-state index in [4.69, 9.17) is 0 Å². The van der Waals surface area contributed by atoms with Gasteiger partial charge in [-0.3, -0.25) is 0 Å². The van der Waals surface area contributed by atoms with Gasteiger partial charge >= 0.3 is 0 Å². The van der Waals surface area contributed by atoms with Gasteiger partial charge in [-0.25, -0.2) is 0 Å². The molecule has 0 fully saturated rings. The van der Waals surface area contributed by atoms with Gasteiger partial charge in [0.25, 0.3) is 0 Å². The predicted molar refractivity (Wildman–Crippen MR) is 173 cm³/mol. The second-order valence-corrected chi connectivity index (χ2v) is 14.4. The summed E-state index contributed by atoms with van der Waals surface area (Å²) in [6, 6.07) is 64.8. The molecule has 0 atom stereocenters. The number of benzene rings is 6. The van der Waals surface area contributed by atoms with Crippen molar-refractivity contribution in [2.75, 3.05) is 0 Å². The van der Waals surface area contributed by atoms with E-state index in [1.54, 1.807) is 0 Å². The van der Waals surface area contributed by atoms with E-state index in [0.717, 1.165) is 0 Å². The normalized spacial score (nSPS) is 11.3. The van der Waals surface area contributed by atoms with Crippen molar-refractivity contribution in [3.8, 4) is 11.1 Å². The molecule has 0 aliphatic rings. The van der Waals surface area contributed by atoms with E-state index < -0.39 is 15.8 Å². The van der Waals surface area contributed by atoms with E-state index in [2.05, 4.69) is 176 Å². The van der Waals surface area contributed by atoms with Crippen molar-refractivity contribution in [3.05, 3.63) is 181 Å². The first-order valence-corrected chi connectivity index (χ1v) is 16.2. The van der Waals surface area contributed by atoms with Crippen LogP contribution in [0.4, 0.5) is 0 Å². The molecule has 0 aromatic heterocycles. The Labute approximate surface area is 234 Å². The van der Waals surface area contributed by atoms with E-state index in [-0.39, 0.29) is 5.40 Å². The van der Waals surface area contributed by atoms with Crippen molar-refractivity contribution in [1.82, 2.24) is 0 Å². The summed E-state index contributed by atoms with van der Waals surface area (Å²) in [6.45, 7) is 0. The van der Waals surface area contributed by atoms with Crippen LogP contribution in [0.5, 0.6) is 0 Å². The van der Waals surface area contributed by atoms with E-state index in [1.165, 1.54) is 37.9 Å². The number of hydrogen-bond acceptors (Lipinski definition) is 0. The summed E-state index contributed by atoms with van der Waals surface area (Å²) in [5.74, 6) is 0. The van der Waals surface area contributed by atoms with Crippen LogP contribution >= 0.6 is 15.8 Å². The fourth-order valence-corrected chi connectivity index (χ4v) is 12.4. The van der Waals surface area contributed by atoms with Crippen LogP contribution < -0.4 is 21.2 Å². The largest absolute Gasteiger partial charge is 0.0622 e. The third-order valence-electron chi connectivity index (χ3n) is 6.95. The zero-order chi connectivity index (χ0) is 26.3. The standard InChI is InChI=1S/C37H30P2/c1-6-18-30(19-7-1)35-28-16-17-29-36(35)37(38(31-20-8-2-9-21-31)32-22-10-3-11-23-32)39(33-24-12-4-13-25-33)34-26-14-5-15-27-34/h1-29,37H. The predicted octanol–water partition coefficient (Wildman–Crippen LogP) is 8.62. The highest BCUT2D eigenvalue weighted by Gasteiger charge is 2.36. The Morgan fingerprint density at radius 2 is 0.615 bits per heavy atom. The van der Waals surface area contributed by atoms with Gasteiger partial charge in [0.15, 0.2) is 0 Å². The average molecular weight is 537 g/mol. The maximum atomic E-state index is 2.38. The Morgan fingerprint density at radius 3 is 1.00 bits per heavy atom. The summed E-state index contributed by atoms with van der Waals surface area (Å²) in [6.07, 6.45) is 0. The van der Waals surface area contributed by atoms with Crippen molar-refractivity contribution >= 4 is 37.1 Å². The molecule has 0 amide bonds. The van der Waals surface area contributed by atoms with Crippen molar-refractivity contribution in [1.29, 1.82) is 0 Å². The Kier molecular flexibility index (Phi) is 8.07. The van der Waals surface area contributed by atoms with Gasteiger partial charge in [0.2, 0.25) is 0 Å². The highest BCUT2D eigenvalue weighted by atomic mass is 31.2. The molecule has 0 N–H and O–H groups in total. The maximum Gasteiger partial charge on any atom is 0.0410 e. The molecule has 0 spiro atoms. The van der Waals surface area contributed by atoms with Crippen LogP contribution in [-0.2, 0) is 0 Å². The smallest absolute Gasteiger partial charge is 0.0410 e. The third kappa shape index (κ3) is 5.65. The highest BCUT2D eigenvalue weighted by molar-refractivity contribution is 7.89. The minimum absolute atomic E-state index is 0.265. The van der Waals surface area contributed by atoms with Crippen LogP contribution in [0.3, 0.4) is 0 Å². The average Bonchev–Trinajstić information content (AvgIpc) is 3.03. The minimum atomic E-state index is -0.755. The molecule has 0 unspecified atom stereocenters. The topological polar surface area (TPSA) is 0 Å². The summed E-state index contributed by atoms with van der Waals surface area (Å²) >= 11 is 0. The van der Waals surface area contributed by atoms with E-state index in [0.29, 0.717) is 0 Å². The first-order valence-electron chi connectivity index (χ1n) is 13.3. The van der Waals surface area contributed by atoms with Crippen LogP contribution in [-0.4, -0.2) is 0 Å². The lowest BCUT2D eigenvalue weighted by molar-refractivity contribution is 1.35. The van der Waals surface area contributed by atoms with Crippen molar-refractivity contribution < 1.29 is 0 Å². The Morgan fingerprint density at radius 1 is 0.308 bits per heavy atom. The van der Waals surface area contributed by atoms with Gasteiger partial charge in [-0.1, -0.05) is 176 Å². The van der Waals surface area contributed by atoms with Crippen LogP contribution in [0.25, 0.3) is 11.1 Å². The van der Waals surface area contributed by atoms with Crippen molar-refractivity contribution in [3.63, 3.8) is 0 Å². The molecular formula is C37H30P2. The van der Waals surface area contributed by atoms with E-state index in [9.17, 15) is 0 Å².